The highest BCUT2D eigenvalue weighted by atomic mass is 19.1. The zero-order chi connectivity index (χ0) is 19.9. The second-order valence-electron chi connectivity index (χ2n) is 6.05. The number of halogens is 1. The maximum atomic E-state index is 13.2. The molecule has 3 aromatic rings. The number of hydrogen-bond acceptors (Lipinski definition) is 5. The van der Waals surface area contributed by atoms with E-state index in [4.69, 9.17) is 0 Å². The fraction of sp³-hybridized carbons (Fsp3) is 0.100. The molecule has 0 fully saturated rings. The predicted octanol–water partition coefficient (Wildman–Crippen LogP) is 3.50. The number of nitrogens with zero attached hydrogens (tertiary/aromatic N) is 2. The standard InChI is InChI=1S/C20H18FN5O2/c1-13(27)22-16-6-3-7-17(12-16)23-18-8-9-19(26-25-18)24-20(28)11-14-4-2-5-15(21)10-14/h2-10,12H,11H2,1H3,(H,22,27)(H,23,25)(H,24,26,28). The zero-order valence-corrected chi connectivity index (χ0v) is 15.1. The van der Waals surface area contributed by atoms with Gasteiger partial charge in [-0.25, -0.2) is 4.39 Å². The van der Waals surface area contributed by atoms with Crippen molar-refractivity contribution in [2.24, 2.45) is 0 Å². The normalized spacial score (nSPS) is 10.2. The number of benzene rings is 2. The molecule has 28 heavy (non-hydrogen) atoms. The van der Waals surface area contributed by atoms with E-state index >= 15 is 0 Å². The van der Waals surface area contributed by atoms with Gasteiger partial charge in [-0.2, -0.15) is 0 Å². The summed E-state index contributed by atoms with van der Waals surface area (Å²) in [7, 11) is 0. The molecule has 0 unspecified atom stereocenters. The lowest BCUT2D eigenvalue weighted by Gasteiger charge is -2.09. The minimum Gasteiger partial charge on any atom is -0.339 e. The first-order chi connectivity index (χ1) is 13.5. The lowest BCUT2D eigenvalue weighted by molar-refractivity contribution is -0.116. The molecule has 0 atom stereocenters. The van der Waals surface area contributed by atoms with E-state index < -0.39 is 0 Å². The lowest BCUT2D eigenvalue weighted by Crippen LogP contribution is -2.15. The molecule has 8 heteroatoms. The highest BCUT2D eigenvalue weighted by Gasteiger charge is 2.07. The number of carbonyl (C=O) groups excluding carboxylic acids is 2. The maximum absolute atomic E-state index is 13.2. The van der Waals surface area contributed by atoms with Crippen LogP contribution in [0.3, 0.4) is 0 Å². The molecule has 0 radical (unpaired) electrons. The second-order valence-corrected chi connectivity index (χ2v) is 6.05. The first kappa shape index (κ1) is 19.0. The first-order valence-corrected chi connectivity index (χ1v) is 8.50. The average Bonchev–Trinajstić information content (AvgIpc) is 2.63. The molecule has 0 aliphatic carbocycles. The van der Waals surface area contributed by atoms with Gasteiger partial charge in [-0.1, -0.05) is 18.2 Å². The number of aromatic nitrogens is 2. The summed E-state index contributed by atoms with van der Waals surface area (Å²) in [6, 6.07) is 16.3. The van der Waals surface area contributed by atoms with Crippen LogP contribution in [0.5, 0.6) is 0 Å². The minimum atomic E-state index is -0.386. The van der Waals surface area contributed by atoms with E-state index in [1.807, 2.05) is 6.07 Å². The highest BCUT2D eigenvalue weighted by molar-refractivity contribution is 5.91. The van der Waals surface area contributed by atoms with Crippen molar-refractivity contribution in [2.75, 3.05) is 16.0 Å². The largest absolute Gasteiger partial charge is 0.339 e. The van der Waals surface area contributed by atoms with Gasteiger partial charge in [-0.15, -0.1) is 10.2 Å². The summed E-state index contributed by atoms with van der Waals surface area (Å²) < 4.78 is 13.2. The van der Waals surface area contributed by atoms with E-state index in [1.54, 1.807) is 42.5 Å². The number of nitrogens with one attached hydrogen (secondary N) is 3. The topological polar surface area (TPSA) is 96.0 Å². The van der Waals surface area contributed by atoms with E-state index in [9.17, 15) is 14.0 Å². The molecule has 7 nitrogen and oxygen atoms in total. The minimum absolute atomic E-state index is 0.0371. The number of rotatable bonds is 6. The molecule has 0 aliphatic heterocycles. The number of hydrogen-bond donors (Lipinski definition) is 3. The summed E-state index contributed by atoms with van der Waals surface area (Å²) >= 11 is 0. The monoisotopic (exact) mass is 379 g/mol. The Balaban J connectivity index is 1.59. The fourth-order valence-electron chi connectivity index (χ4n) is 2.51. The second kappa shape index (κ2) is 8.72. The summed E-state index contributed by atoms with van der Waals surface area (Å²) in [4.78, 5) is 23.2. The number of anilines is 4. The van der Waals surface area contributed by atoms with Gasteiger partial charge in [0.2, 0.25) is 11.8 Å². The molecule has 2 aromatic carbocycles. The van der Waals surface area contributed by atoms with Crippen molar-refractivity contribution < 1.29 is 14.0 Å². The highest BCUT2D eigenvalue weighted by Crippen LogP contribution is 2.19. The molecular weight excluding hydrogens is 361 g/mol. The van der Waals surface area contributed by atoms with Gasteiger partial charge >= 0.3 is 0 Å². The Morgan fingerprint density at radius 2 is 1.61 bits per heavy atom. The molecule has 0 aliphatic rings. The molecule has 1 heterocycles. The zero-order valence-electron chi connectivity index (χ0n) is 15.1. The van der Waals surface area contributed by atoms with Crippen LogP contribution in [0.2, 0.25) is 0 Å². The van der Waals surface area contributed by atoms with Gasteiger partial charge in [0.05, 0.1) is 6.42 Å². The smallest absolute Gasteiger partial charge is 0.229 e. The van der Waals surface area contributed by atoms with Gasteiger partial charge in [0.1, 0.15) is 5.82 Å². The molecular formula is C20H18FN5O2. The molecule has 2 amide bonds. The number of carbonyl (C=O) groups is 2. The summed E-state index contributed by atoms with van der Waals surface area (Å²) in [5.74, 6) is -0.0935. The van der Waals surface area contributed by atoms with E-state index in [0.717, 1.165) is 5.69 Å². The van der Waals surface area contributed by atoms with Crippen molar-refractivity contribution in [2.45, 2.75) is 13.3 Å². The van der Waals surface area contributed by atoms with Crippen molar-refractivity contribution >= 4 is 34.8 Å². The van der Waals surface area contributed by atoms with E-state index in [2.05, 4.69) is 26.1 Å². The molecule has 1 aromatic heterocycles. The summed E-state index contributed by atoms with van der Waals surface area (Å²) in [5.41, 5.74) is 1.96. The summed E-state index contributed by atoms with van der Waals surface area (Å²) in [6.07, 6.45) is 0.0371. The van der Waals surface area contributed by atoms with Crippen molar-refractivity contribution in [3.63, 3.8) is 0 Å². The van der Waals surface area contributed by atoms with Crippen LogP contribution in [0.25, 0.3) is 0 Å². The van der Waals surface area contributed by atoms with Crippen LogP contribution in [0.4, 0.5) is 27.4 Å². The van der Waals surface area contributed by atoms with Gasteiger partial charge in [0, 0.05) is 18.3 Å². The maximum Gasteiger partial charge on any atom is 0.229 e. The van der Waals surface area contributed by atoms with Gasteiger partial charge in [-0.3, -0.25) is 9.59 Å². The molecule has 0 bridgehead atoms. The Morgan fingerprint density at radius 3 is 2.32 bits per heavy atom. The molecule has 3 rings (SSSR count). The van der Waals surface area contributed by atoms with Crippen molar-refractivity contribution in [3.05, 3.63) is 72.0 Å². The Kier molecular flexibility index (Phi) is 5.91. The molecule has 0 saturated heterocycles. The summed E-state index contributed by atoms with van der Waals surface area (Å²) in [6.45, 7) is 1.44. The van der Waals surface area contributed by atoms with E-state index in [1.165, 1.54) is 19.1 Å². The van der Waals surface area contributed by atoms with Crippen LogP contribution < -0.4 is 16.0 Å². The van der Waals surface area contributed by atoms with Gasteiger partial charge < -0.3 is 16.0 Å². The fourth-order valence-corrected chi connectivity index (χ4v) is 2.51. The molecule has 0 spiro atoms. The SMILES string of the molecule is CC(=O)Nc1cccc(Nc2ccc(NC(=O)Cc3cccc(F)c3)nn2)c1. The molecule has 0 saturated carbocycles. The van der Waals surface area contributed by atoms with Gasteiger partial charge in [0.25, 0.3) is 0 Å². The third-order valence-corrected chi connectivity index (χ3v) is 3.64. The Hall–Kier alpha value is -3.81. The molecule has 142 valence electrons. The van der Waals surface area contributed by atoms with Crippen LogP contribution in [-0.4, -0.2) is 22.0 Å². The van der Waals surface area contributed by atoms with Crippen LogP contribution in [-0.2, 0) is 16.0 Å². The van der Waals surface area contributed by atoms with Gasteiger partial charge in [0.15, 0.2) is 11.6 Å². The average molecular weight is 379 g/mol. The van der Waals surface area contributed by atoms with Crippen LogP contribution >= 0.6 is 0 Å². The Bertz CT molecular complexity index is 992. The number of amides is 2. The van der Waals surface area contributed by atoms with Crippen LogP contribution in [0, 0.1) is 5.82 Å². The van der Waals surface area contributed by atoms with E-state index in [-0.39, 0.29) is 24.1 Å². The van der Waals surface area contributed by atoms with Crippen molar-refractivity contribution in [1.29, 1.82) is 0 Å². The van der Waals surface area contributed by atoms with Crippen molar-refractivity contribution in [3.8, 4) is 0 Å². The lowest BCUT2D eigenvalue weighted by atomic mass is 10.1. The van der Waals surface area contributed by atoms with Gasteiger partial charge in [-0.05, 0) is 48.0 Å². The Labute approximate surface area is 161 Å². The quantitative estimate of drug-likeness (QED) is 0.609. The Morgan fingerprint density at radius 1 is 0.893 bits per heavy atom. The summed E-state index contributed by atoms with van der Waals surface area (Å²) in [5, 5.41) is 16.4. The van der Waals surface area contributed by atoms with Crippen molar-refractivity contribution in [1.82, 2.24) is 10.2 Å². The van der Waals surface area contributed by atoms with Crippen LogP contribution in [0.15, 0.2) is 60.7 Å². The third-order valence-electron chi connectivity index (χ3n) is 3.64. The predicted molar refractivity (Wildman–Crippen MR) is 105 cm³/mol. The molecule has 3 N–H and O–H groups in total. The van der Waals surface area contributed by atoms with E-state index in [0.29, 0.717) is 22.9 Å². The first-order valence-electron chi connectivity index (χ1n) is 8.50. The third kappa shape index (κ3) is 5.60. The van der Waals surface area contributed by atoms with Crippen LogP contribution in [0.1, 0.15) is 12.5 Å².